The summed E-state index contributed by atoms with van der Waals surface area (Å²) in [5, 5.41) is 19.4. The predicted molar refractivity (Wildman–Crippen MR) is 168 cm³/mol. The molecule has 0 radical (unpaired) electrons. The quantitative estimate of drug-likeness (QED) is 0.196. The zero-order valence-corrected chi connectivity index (χ0v) is 25.2. The highest BCUT2D eigenvalue weighted by Crippen LogP contribution is 2.57. The Bertz CT molecular complexity index is 1340. The average molecular weight is 555 g/mol. The van der Waals surface area contributed by atoms with Crippen molar-refractivity contribution in [3.8, 4) is 22.3 Å². The summed E-state index contributed by atoms with van der Waals surface area (Å²) in [5.41, 5.74) is 7.28. The molecule has 0 spiro atoms. The first-order chi connectivity index (χ1) is 19.8. The number of carbonyl (C=O) groups is 2. The summed E-state index contributed by atoms with van der Waals surface area (Å²) in [5.74, 6) is -0.716. The van der Waals surface area contributed by atoms with Gasteiger partial charge in [0.2, 0.25) is 0 Å². The van der Waals surface area contributed by atoms with Crippen molar-refractivity contribution in [2.45, 2.75) is 97.3 Å². The minimum Gasteiger partial charge on any atom is -0.478 e. The monoisotopic (exact) mass is 554 g/mol. The summed E-state index contributed by atoms with van der Waals surface area (Å²) in [4.78, 5) is 23.7. The molecule has 218 valence electrons. The molecule has 1 aliphatic carbocycles. The lowest BCUT2D eigenvalue weighted by molar-refractivity contribution is 0.0686. The molecule has 2 unspecified atom stereocenters. The number of unbranched alkanes of at least 4 members (excludes halogenated alkanes) is 2. The number of carboxylic acid groups (broad SMARTS) is 2. The maximum atomic E-state index is 12.2. The van der Waals surface area contributed by atoms with Gasteiger partial charge in [-0.1, -0.05) is 109 Å². The van der Waals surface area contributed by atoms with E-state index in [2.05, 4.69) is 45.9 Å². The van der Waals surface area contributed by atoms with Gasteiger partial charge in [0.15, 0.2) is 0 Å². The van der Waals surface area contributed by atoms with Crippen LogP contribution >= 0.6 is 0 Å². The van der Waals surface area contributed by atoms with E-state index >= 15 is 0 Å². The SMILES string of the molecule is CCCCC(CC)CC1(CC(CC)CCCC)c2cc(C(=O)O)ccc2-c2ccc(-c3ccc(C(=O)O)cc3)cc21. The van der Waals surface area contributed by atoms with Gasteiger partial charge in [-0.3, -0.25) is 0 Å². The van der Waals surface area contributed by atoms with Gasteiger partial charge in [0, 0.05) is 5.41 Å². The van der Waals surface area contributed by atoms with Crippen LogP contribution in [0.4, 0.5) is 0 Å². The van der Waals surface area contributed by atoms with E-state index in [4.69, 9.17) is 0 Å². The summed E-state index contributed by atoms with van der Waals surface area (Å²) < 4.78 is 0. The standard InChI is InChI=1S/C37H46O4/c1-5-9-11-25(7-3)23-37(24-26(8-4)12-10-6-2)33-21-29(27-13-15-28(16-14-27)35(38)39)17-19-31(33)32-20-18-30(36(40)41)22-34(32)37/h13-22,25-26H,5-12,23-24H2,1-4H3,(H,38,39)(H,40,41). The van der Waals surface area contributed by atoms with Crippen LogP contribution in [0.3, 0.4) is 0 Å². The second-order valence-electron chi connectivity index (χ2n) is 12.0. The molecule has 0 saturated heterocycles. The molecule has 0 saturated carbocycles. The molecule has 0 amide bonds. The van der Waals surface area contributed by atoms with Crippen molar-refractivity contribution in [1.82, 2.24) is 0 Å². The van der Waals surface area contributed by atoms with Gasteiger partial charge in [-0.25, -0.2) is 9.59 Å². The van der Waals surface area contributed by atoms with E-state index < -0.39 is 11.9 Å². The van der Waals surface area contributed by atoms with Crippen molar-refractivity contribution in [2.24, 2.45) is 11.8 Å². The van der Waals surface area contributed by atoms with Crippen LogP contribution < -0.4 is 0 Å². The lowest BCUT2D eigenvalue weighted by Crippen LogP contribution is -2.32. The van der Waals surface area contributed by atoms with Crippen LogP contribution in [0.2, 0.25) is 0 Å². The van der Waals surface area contributed by atoms with E-state index in [1.165, 1.54) is 55.2 Å². The molecule has 0 heterocycles. The number of fused-ring (bicyclic) bond motifs is 3. The van der Waals surface area contributed by atoms with Crippen LogP contribution in [0.25, 0.3) is 22.3 Å². The molecular weight excluding hydrogens is 508 g/mol. The second kappa shape index (κ2) is 13.5. The first-order valence-electron chi connectivity index (χ1n) is 15.6. The fraction of sp³-hybridized carbons (Fsp3) is 0.459. The van der Waals surface area contributed by atoms with Gasteiger partial charge in [0.05, 0.1) is 11.1 Å². The molecule has 0 aliphatic heterocycles. The van der Waals surface area contributed by atoms with Gasteiger partial charge >= 0.3 is 11.9 Å². The molecule has 0 bridgehead atoms. The molecule has 4 nitrogen and oxygen atoms in total. The van der Waals surface area contributed by atoms with Gasteiger partial charge in [0.25, 0.3) is 0 Å². The second-order valence-corrected chi connectivity index (χ2v) is 12.0. The number of hydrogen-bond acceptors (Lipinski definition) is 2. The minimum absolute atomic E-state index is 0.268. The first-order valence-corrected chi connectivity index (χ1v) is 15.6. The van der Waals surface area contributed by atoms with Gasteiger partial charge in [0.1, 0.15) is 0 Å². The molecule has 41 heavy (non-hydrogen) atoms. The Morgan fingerprint density at radius 2 is 1.10 bits per heavy atom. The van der Waals surface area contributed by atoms with Crippen molar-refractivity contribution < 1.29 is 19.8 Å². The minimum atomic E-state index is -0.926. The highest BCUT2D eigenvalue weighted by atomic mass is 16.4. The highest BCUT2D eigenvalue weighted by Gasteiger charge is 2.45. The number of hydrogen-bond donors (Lipinski definition) is 2. The first kappa shape index (κ1) is 30.6. The average Bonchev–Trinajstić information content (AvgIpc) is 3.25. The van der Waals surface area contributed by atoms with E-state index in [1.54, 1.807) is 18.2 Å². The molecular formula is C37H46O4. The summed E-state index contributed by atoms with van der Waals surface area (Å²) in [7, 11) is 0. The smallest absolute Gasteiger partial charge is 0.335 e. The predicted octanol–water partition coefficient (Wildman–Crippen LogP) is 10.2. The lowest BCUT2D eigenvalue weighted by Gasteiger charge is -2.39. The summed E-state index contributed by atoms with van der Waals surface area (Å²) in [6.45, 7) is 9.10. The Labute approximate surface area is 245 Å². The van der Waals surface area contributed by atoms with Crippen molar-refractivity contribution in [1.29, 1.82) is 0 Å². The van der Waals surface area contributed by atoms with Crippen LogP contribution in [0.5, 0.6) is 0 Å². The van der Waals surface area contributed by atoms with Crippen molar-refractivity contribution >= 4 is 11.9 Å². The van der Waals surface area contributed by atoms with Gasteiger partial charge in [-0.2, -0.15) is 0 Å². The van der Waals surface area contributed by atoms with E-state index in [1.807, 2.05) is 24.3 Å². The summed E-state index contributed by atoms with van der Waals surface area (Å²) >= 11 is 0. The Kier molecular flexibility index (Phi) is 10.1. The molecule has 1 aliphatic rings. The number of carboxylic acids is 2. The molecule has 2 atom stereocenters. The molecule has 2 N–H and O–H groups in total. The molecule has 4 heteroatoms. The van der Waals surface area contributed by atoms with Gasteiger partial charge in [-0.05, 0) is 88.4 Å². The maximum Gasteiger partial charge on any atom is 0.335 e. The number of rotatable bonds is 15. The maximum absolute atomic E-state index is 12.2. The largest absolute Gasteiger partial charge is 0.478 e. The number of benzene rings is 3. The lowest BCUT2D eigenvalue weighted by atomic mass is 9.65. The van der Waals surface area contributed by atoms with Crippen molar-refractivity contribution in [3.63, 3.8) is 0 Å². The van der Waals surface area contributed by atoms with Gasteiger partial charge in [-0.15, -0.1) is 0 Å². The van der Waals surface area contributed by atoms with Crippen molar-refractivity contribution in [3.05, 3.63) is 82.9 Å². The van der Waals surface area contributed by atoms with E-state index in [0.717, 1.165) is 42.4 Å². The highest BCUT2D eigenvalue weighted by molar-refractivity contribution is 5.92. The normalized spacial score (nSPS) is 17.1. The van der Waals surface area contributed by atoms with E-state index in [9.17, 15) is 19.8 Å². The molecule has 4 rings (SSSR count). The van der Waals surface area contributed by atoms with Crippen LogP contribution in [0.1, 0.15) is 124 Å². The van der Waals surface area contributed by atoms with Crippen LogP contribution in [-0.4, -0.2) is 22.2 Å². The molecule has 3 aromatic carbocycles. The molecule has 0 aromatic heterocycles. The fourth-order valence-corrected chi connectivity index (χ4v) is 7.01. The third-order valence-electron chi connectivity index (χ3n) is 9.43. The summed E-state index contributed by atoms with van der Waals surface area (Å²) in [6.07, 6.45) is 11.3. The molecule has 3 aromatic rings. The van der Waals surface area contributed by atoms with E-state index in [-0.39, 0.29) is 11.0 Å². The fourth-order valence-electron chi connectivity index (χ4n) is 7.01. The topological polar surface area (TPSA) is 74.6 Å². The van der Waals surface area contributed by atoms with E-state index in [0.29, 0.717) is 17.4 Å². The molecule has 0 fully saturated rings. The van der Waals surface area contributed by atoms with Gasteiger partial charge < -0.3 is 10.2 Å². The third kappa shape index (κ3) is 6.42. The van der Waals surface area contributed by atoms with Crippen LogP contribution in [0, 0.1) is 11.8 Å². The van der Waals surface area contributed by atoms with Crippen molar-refractivity contribution in [2.75, 3.05) is 0 Å². The number of aromatic carboxylic acids is 2. The third-order valence-corrected chi connectivity index (χ3v) is 9.43. The van der Waals surface area contributed by atoms with Crippen LogP contribution in [0.15, 0.2) is 60.7 Å². The Balaban J connectivity index is 1.94. The zero-order valence-electron chi connectivity index (χ0n) is 25.2. The Morgan fingerprint density at radius 1 is 0.634 bits per heavy atom. The Morgan fingerprint density at radius 3 is 1.59 bits per heavy atom. The van der Waals surface area contributed by atoms with Crippen LogP contribution in [-0.2, 0) is 5.41 Å². The zero-order chi connectivity index (χ0) is 29.6. The Hall–Kier alpha value is -3.40. The summed E-state index contributed by atoms with van der Waals surface area (Å²) in [6, 6.07) is 19.5.